The van der Waals surface area contributed by atoms with Gasteiger partial charge in [0.2, 0.25) is 6.79 Å². The molecule has 2 aliphatic heterocycles. The van der Waals surface area contributed by atoms with Gasteiger partial charge in [-0.3, -0.25) is 4.79 Å². The van der Waals surface area contributed by atoms with Crippen LogP contribution < -0.4 is 14.4 Å². The Morgan fingerprint density at radius 2 is 1.74 bits per heavy atom. The molecule has 1 saturated heterocycles. The number of carbonyl (C=O) groups excluding carboxylic acids is 1. The molecule has 0 spiro atoms. The van der Waals surface area contributed by atoms with E-state index in [0.717, 1.165) is 33.0 Å². The van der Waals surface area contributed by atoms with Gasteiger partial charge in [-0.15, -0.1) is 10.2 Å². The Kier molecular flexibility index (Phi) is 5.41. The summed E-state index contributed by atoms with van der Waals surface area (Å²) < 4.78 is 11.6. The number of carbonyl (C=O) groups is 1. The Morgan fingerprint density at radius 3 is 2.52 bits per heavy atom. The van der Waals surface area contributed by atoms with Crippen LogP contribution in [0.2, 0.25) is 5.02 Å². The Hall–Kier alpha value is -2.84. The first-order chi connectivity index (χ1) is 15.1. The van der Waals surface area contributed by atoms with Crippen molar-refractivity contribution in [3.8, 4) is 22.8 Å². The maximum absolute atomic E-state index is 12.9. The summed E-state index contributed by atoms with van der Waals surface area (Å²) in [5.41, 5.74) is 2.20. The summed E-state index contributed by atoms with van der Waals surface area (Å²) in [5, 5.41) is 9.24. The fourth-order valence-corrected chi connectivity index (χ4v) is 4.23. The van der Waals surface area contributed by atoms with Crippen LogP contribution >= 0.6 is 27.5 Å². The number of aromatic nitrogens is 2. The number of amides is 1. The summed E-state index contributed by atoms with van der Waals surface area (Å²) in [7, 11) is 0. The van der Waals surface area contributed by atoms with Crippen molar-refractivity contribution < 1.29 is 14.3 Å². The number of hydrogen-bond donors (Lipinski definition) is 0. The van der Waals surface area contributed by atoms with Gasteiger partial charge in [0, 0.05) is 36.2 Å². The minimum atomic E-state index is -0.0600. The molecule has 0 unspecified atom stereocenters. The summed E-state index contributed by atoms with van der Waals surface area (Å²) in [6, 6.07) is 14.9. The second-order valence-electron chi connectivity index (χ2n) is 7.25. The molecule has 1 aromatic heterocycles. The maximum Gasteiger partial charge on any atom is 0.255 e. The minimum absolute atomic E-state index is 0.0600. The van der Waals surface area contributed by atoms with Crippen molar-refractivity contribution >= 4 is 39.3 Å². The Balaban J connectivity index is 1.24. The number of anilines is 1. The first-order valence-electron chi connectivity index (χ1n) is 9.81. The molecule has 1 fully saturated rings. The van der Waals surface area contributed by atoms with Crippen LogP contribution in [-0.4, -0.2) is 54.0 Å². The Labute approximate surface area is 192 Å². The molecule has 2 aliphatic rings. The van der Waals surface area contributed by atoms with Gasteiger partial charge in [0.05, 0.1) is 16.3 Å². The van der Waals surface area contributed by atoms with E-state index in [4.69, 9.17) is 21.1 Å². The van der Waals surface area contributed by atoms with E-state index in [2.05, 4.69) is 31.0 Å². The molecule has 0 radical (unpaired) electrons. The maximum atomic E-state index is 12.9. The van der Waals surface area contributed by atoms with Gasteiger partial charge in [-0.1, -0.05) is 27.5 Å². The predicted octanol–water partition coefficient (Wildman–Crippen LogP) is 4.25. The number of rotatable bonds is 3. The van der Waals surface area contributed by atoms with Crippen LogP contribution in [0.3, 0.4) is 0 Å². The third-order valence-electron chi connectivity index (χ3n) is 5.37. The van der Waals surface area contributed by atoms with Crippen LogP contribution in [0.4, 0.5) is 5.82 Å². The molecule has 5 rings (SSSR count). The van der Waals surface area contributed by atoms with Crippen LogP contribution in [-0.2, 0) is 0 Å². The molecule has 0 bridgehead atoms. The predicted molar refractivity (Wildman–Crippen MR) is 121 cm³/mol. The molecule has 158 valence electrons. The zero-order valence-corrected chi connectivity index (χ0v) is 18.8. The summed E-state index contributed by atoms with van der Waals surface area (Å²) in [5.74, 6) is 2.19. The van der Waals surface area contributed by atoms with Crippen molar-refractivity contribution in [2.24, 2.45) is 0 Å². The zero-order chi connectivity index (χ0) is 21.4. The fraction of sp³-hybridized carbons (Fsp3) is 0.227. The number of fused-ring (bicyclic) bond motifs is 1. The van der Waals surface area contributed by atoms with Crippen molar-refractivity contribution in [1.29, 1.82) is 0 Å². The summed E-state index contributed by atoms with van der Waals surface area (Å²) >= 11 is 9.62. The van der Waals surface area contributed by atoms with Crippen LogP contribution in [0.25, 0.3) is 11.3 Å². The first-order valence-corrected chi connectivity index (χ1v) is 11.0. The van der Waals surface area contributed by atoms with E-state index in [9.17, 15) is 4.79 Å². The van der Waals surface area contributed by atoms with Crippen molar-refractivity contribution in [2.45, 2.75) is 0 Å². The van der Waals surface area contributed by atoms with E-state index in [1.165, 1.54) is 0 Å². The smallest absolute Gasteiger partial charge is 0.255 e. The monoisotopic (exact) mass is 500 g/mol. The van der Waals surface area contributed by atoms with Crippen LogP contribution in [0.5, 0.6) is 11.5 Å². The number of nitrogens with zero attached hydrogens (tertiary/aromatic N) is 4. The summed E-state index contributed by atoms with van der Waals surface area (Å²) in [4.78, 5) is 16.8. The Bertz CT molecular complexity index is 1130. The molecule has 3 heterocycles. The molecule has 0 aliphatic carbocycles. The van der Waals surface area contributed by atoms with Gasteiger partial charge < -0.3 is 19.3 Å². The fourth-order valence-electron chi connectivity index (χ4n) is 3.67. The highest BCUT2D eigenvalue weighted by molar-refractivity contribution is 9.10. The molecule has 9 heteroatoms. The second-order valence-corrected chi connectivity index (χ2v) is 8.57. The molecule has 7 nitrogen and oxygen atoms in total. The van der Waals surface area contributed by atoms with Crippen molar-refractivity contribution in [3.63, 3.8) is 0 Å². The van der Waals surface area contributed by atoms with Crippen molar-refractivity contribution in [1.82, 2.24) is 15.1 Å². The quantitative estimate of drug-likeness (QED) is 0.534. The molecule has 0 N–H and O–H groups in total. The van der Waals surface area contributed by atoms with Crippen molar-refractivity contribution in [3.05, 3.63) is 63.6 Å². The van der Waals surface area contributed by atoms with Crippen LogP contribution in [0.1, 0.15) is 10.4 Å². The van der Waals surface area contributed by atoms with E-state index in [1.807, 2.05) is 41.3 Å². The lowest BCUT2D eigenvalue weighted by Gasteiger charge is -2.35. The molecule has 0 atom stereocenters. The molecule has 3 aromatic rings. The zero-order valence-electron chi connectivity index (χ0n) is 16.4. The van der Waals surface area contributed by atoms with E-state index < -0.39 is 0 Å². The first kappa shape index (κ1) is 20.1. The Morgan fingerprint density at radius 1 is 0.935 bits per heavy atom. The van der Waals surface area contributed by atoms with E-state index in [0.29, 0.717) is 36.8 Å². The molecule has 31 heavy (non-hydrogen) atoms. The van der Waals surface area contributed by atoms with E-state index in [1.54, 1.807) is 12.1 Å². The summed E-state index contributed by atoms with van der Waals surface area (Å²) in [6.45, 7) is 2.77. The highest BCUT2D eigenvalue weighted by Crippen LogP contribution is 2.35. The van der Waals surface area contributed by atoms with Crippen LogP contribution in [0, 0.1) is 0 Å². The molecule has 1 amide bonds. The highest BCUT2D eigenvalue weighted by atomic mass is 79.9. The largest absolute Gasteiger partial charge is 0.454 e. The number of hydrogen-bond acceptors (Lipinski definition) is 6. The van der Waals surface area contributed by atoms with Crippen LogP contribution in [0.15, 0.2) is 53.0 Å². The number of benzene rings is 2. The molecule has 0 saturated carbocycles. The van der Waals surface area contributed by atoms with Gasteiger partial charge >= 0.3 is 0 Å². The van der Waals surface area contributed by atoms with Gasteiger partial charge in [-0.25, -0.2) is 0 Å². The van der Waals surface area contributed by atoms with E-state index in [-0.39, 0.29) is 12.7 Å². The standard InChI is InChI=1S/C22H18BrClN4O3/c23-15-2-3-17(24)16(12-15)22(29)28-9-7-27(8-10-28)21-6-4-18(25-26-21)14-1-5-19-20(11-14)31-13-30-19/h1-6,11-12H,7-10,13H2. The third-order valence-corrected chi connectivity index (χ3v) is 6.19. The third kappa shape index (κ3) is 4.05. The van der Waals surface area contributed by atoms with Crippen molar-refractivity contribution in [2.75, 3.05) is 37.9 Å². The average Bonchev–Trinajstić information content (AvgIpc) is 3.28. The van der Waals surface area contributed by atoms with Gasteiger partial charge in [-0.2, -0.15) is 0 Å². The lowest BCUT2D eigenvalue weighted by atomic mass is 10.1. The molecular weight excluding hydrogens is 484 g/mol. The van der Waals surface area contributed by atoms with E-state index >= 15 is 0 Å². The summed E-state index contributed by atoms with van der Waals surface area (Å²) in [6.07, 6.45) is 0. The van der Waals surface area contributed by atoms with Gasteiger partial charge in [-0.05, 0) is 48.5 Å². The molecule has 2 aromatic carbocycles. The number of piperazine rings is 1. The normalized spacial score (nSPS) is 15.3. The number of ether oxygens (including phenoxy) is 2. The lowest BCUT2D eigenvalue weighted by Crippen LogP contribution is -2.49. The average molecular weight is 502 g/mol. The topological polar surface area (TPSA) is 67.8 Å². The number of halogens is 2. The lowest BCUT2D eigenvalue weighted by molar-refractivity contribution is 0.0746. The second kappa shape index (κ2) is 8.36. The van der Waals surface area contributed by atoms with Gasteiger partial charge in [0.15, 0.2) is 17.3 Å². The molecular formula is C22H18BrClN4O3. The highest BCUT2D eigenvalue weighted by Gasteiger charge is 2.25. The SMILES string of the molecule is O=C(c1cc(Br)ccc1Cl)N1CCN(c2ccc(-c3ccc4c(c3)OCO4)nn2)CC1. The van der Waals surface area contributed by atoms with Gasteiger partial charge in [0.1, 0.15) is 0 Å². The van der Waals surface area contributed by atoms with Gasteiger partial charge in [0.25, 0.3) is 5.91 Å². The minimum Gasteiger partial charge on any atom is -0.454 e.